The first-order valence-electron chi connectivity index (χ1n) is 5.34. The molecule has 0 spiro atoms. The largest absolute Gasteiger partial charge is 0.202 e. The average Bonchev–Trinajstić information content (AvgIpc) is 2.25. The van der Waals surface area contributed by atoms with Crippen LogP contribution in [0.25, 0.3) is 0 Å². The van der Waals surface area contributed by atoms with Gasteiger partial charge in [-0.2, -0.15) is 0 Å². The van der Waals surface area contributed by atoms with E-state index < -0.39 is 0 Å². The zero-order valence-electron chi connectivity index (χ0n) is 9.67. The van der Waals surface area contributed by atoms with E-state index in [1.165, 1.54) is 11.1 Å². The molecule has 0 heterocycles. The van der Waals surface area contributed by atoms with Crippen LogP contribution < -0.4 is 0 Å². The Morgan fingerprint density at radius 2 is 2.07 bits per heavy atom. The smallest absolute Gasteiger partial charge is 0.0554 e. The molecule has 1 rings (SSSR count). The van der Waals surface area contributed by atoms with Gasteiger partial charge < -0.3 is 0 Å². The van der Waals surface area contributed by atoms with Gasteiger partial charge in [-0.05, 0) is 31.4 Å². The summed E-state index contributed by atoms with van der Waals surface area (Å²) in [6.07, 6.45) is 2.01. The van der Waals surface area contributed by atoms with Crippen LogP contribution in [0.3, 0.4) is 0 Å². The predicted molar refractivity (Wildman–Crippen MR) is 66.1 cm³/mol. The van der Waals surface area contributed by atoms with E-state index in [4.69, 9.17) is 0 Å². The van der Waals surface area contributed by atoms with Gasteiger partial charge in [0.15, 0.2) is 0 Å². The second-order valence-corrected chi connectivity index (χ2v) is 3.55. The van der Waals surface area contributed by atoms with Gasteiger partial charge in [0.1, 0.15) is 0 Å². The zero-order chi connectivity index (χ0) is 11.1. The molecule has 0 atom stereocenters. The van der Waals surface area contributed by atoms with Crippen LogP contribution in [0.1, 0.15) is 37.8 Å². The van der Waals surface area contributed by atoms with E-state index in [2.05, 4.69) is 42.9 Å². The summed E-state index contributed by atoms with van der Waals surface area (Å²) in [5, 5.41) is 0. The van der Waals surface area contributed by atoms with E-state index in [1.54, 1.807) is 0 Å². The molecule has 0 saturated carbocycles. The standard InChI is InChI=1S/C14H17N/c1-4-5-8-11-15-13(3)14-10-7-6-9-12(14)2/h6-7,9-10H,4-5H2,1-3H3. The molecule has 0 bridgehead atoms. The summed E-state index contributed by atoms with van der Waals surface area (Å²) in [5.74, 6) is 3.02. The number of hydrogen-bond donors (Lipinski definition) is 0. The molecule has 0 N–H and O–H groups in total. The van der Waals surface area contributed by atoms with Crippen molar-refractivity contribution in [2.45, 2.75) is 33.6 Å². The van der Waals surface area contributed by atoms with Crippen LogP contribution in [0.2, 0.25) is 0 Å². The Morgan fingerprint density at radius 1 is 1.33 bits per heavy atom. The van der Waals surface area contributed by atoms with Crippen molar-refractivity contribution >= 4 is 5.71 Å². The van der Waals surface area contributed by atoms with Crippen molar-refractivity contribution in [3.63, 3.8) is 0 Å². The minimum atomic E-state index is 0.921. The number of benzene rings is 1. The summed E-state index contributed by atoms with van der Waals surface area (Å²) in [6.45, 7) is 6.21. The molecule has 0 aliphatic carbocycles. The number of aliphatic imine (C=N–C) groups is 1. The lowest BCUT2D eigenvalue weighted by atomic mass is 10.1. The number of nitrogens with zero attached hydrogens (tertiary/aromatic N) is 1. The Hall–Kier alpha value is -1.55. The topological polar surface area (TPSA) is 12.4 Å². The second-order valence-electron chi connectivity index (χ2n) is 3.55. The van der Waals surface area contributed by atoms with E-state index in [0.717, 1.165) is 18.6 Å². The minimum Gasteiger partial charge on any atom is -0.202 e. The van der Waals surface area contributed by atoms with Crippen LogP contribution in [0.5, 0.6) is 0 Å². The normalized spacial score (nSPS) is 10.7. The van der Waals surface area contributed by atoms with E-state index in [0.29, 0.717) is 0 Å². The summed E-state index contributed by atoms with van der Waals surface area (Å²) in [6, 6.07) is 11.1. The van der Waals surface area contributed by atoms with Crippen molar-refractivity contribution in [1.29, 1.82) is 0 Å². The van der Waals surface area contributed by atoms with Gasteiger partial charge in [-0.15, -0.1) is 0 Å². The molecule has 0 aliphatic rings. The average molecular weight is 199 g/mol. The van der Waals surface area contributed by atoms with Gasteiger partial charge in [0, 0.05) is 12.5 Å². The molecule has 1 nitrogen and oxygen atoms in total. The molecule has 0 aliphatic heterocycles. The number of hydrogen-bond acceptors (Lipinski definition) is 1. The Morgan fingerprint density at radius 3 is 2.73 bits per heavy atom. The number of aryl methyl sites for hydroxylation is 1. The second kappa shape index (κ2) is 6.03. The molecule has 0 radical (unpaired) electrons. The Kier molecular flexibility index (Phi) is 4.63. The summed E-state index contributed by atoms with van der Waals surface area (Å²) >= 11 is 0. The molecular formula is C14H17N. The first kappa shape index (κ1) is 11.5. The van der Waals surface area contributed by atoms with E-state index in [1.807, 2.05) is 19.1 Å². The zero-order valence-corrected chi connectivity index (χ0v) is 9.67. The molecule has 15 heavy (non-hydrogen) atoms. The highest BCUT2D eigenvalue weighted by molar-refractivity contribution is 6.00. The van der Waals surface area contributed by atoms with Crippen LogP contribution in [-0.2, 0) is 0 Å². The lowest BCUT2D eigenvalue weighted by Gasteiger charge is -2.01. The molecule has 1 aromatic carbocycles. The highest BCUT2D eigenvalue weighted by atomic mass is 14.7. The summed E-state index contributed by atoms with van der Waals surface area (Å²) < 4.78 is 0. The van der Waals surface area contributed by atoms with Gasteiger partial charge in [0.2, 0.25) is 0 Å². The fourth-order valence-electron chi connectivity index (χ4n) is 1.34. The van der Waals surface area contributed by atoms with Crippen molar-refractivity contribution in [2.75, 3.05) is 0 Å². The van der Waals surface area contributed by atoms with Gasteiger partial charge in [0.05, 0.1) is 5.71 Å². The van der Waals surface area contributed by atoms with Crippen molar-refractivity contribution in [1.82, 2.24) is 0 Å². The maximum Gasteiger partial charge on any atom is 0.0554 e. The third-order valence-electron chi connectivity index (χ3n) is 2.21. The fourth-order valence-corrected chi connectivity index (χ4v) is 1.34. The monoisotopic (exact) mass is 199 g/mol. The van der Waals surface area contributed by atoms with E-state index in [9.17, 15) is 0 Å². The van der Waals surface area contributed by atoms with Crippen LogP contribution >= 0.6 is 0 Å². The van der Waals surface area contributed by atoms with Crippen molar-refractivity contribution in [2.24, 2.45) is 4.99 Å². The molecule has 78 valence electrons. The lowest BCUT2D eigenvalue weighted by Crippen LogP contribution is -1.96. The molecule has 1 aromatic rings. The Labute approximate surface area is 92.2 Å². The Balaban J connectivity index is 2.82. The van der Waals surface area contributed by atoms with Crippen molar-refractivity contribution < 1.29 is 0 Å². The summed E-state index contributed by atoms with van der Waals surface area (Å²) in [7, 11) is 0. The van der Waals surface area contributed by atoms with Crippen LogP contribution in [0, 0.1) is 18.9 Å². The predicted octanol–water partition coefficient (Wildman–Crippen LogP) is 3.57. The van der Waals surface area contributed by atoms with Crippen molar-refractivity contribution in [3.05, 3.63) is 35.4 Å². The number of rotatable bonds is 2. The highest BCUT2D eigenvalue weighted by Crippen LogP contribution is 2.07. The van der Waals surface area contributed by atoms with E-state index >= 15 is 0 Å². The third kappa shape index (κ3) is 3.59. The summed E-state index contributed by atoms with van der Waals surface area (Å²) in [5.41, 5.74) is 3.43. The third-order valence-corrected chi connectivity index (χ3v) is 2.21. The molecule has 0 saturated heterocycles. The van der Waals surface area contributed by atoms with Gasteiger partial charge >= 0.3 is 0 Å². The molecule has 0 aromatic heterocycles. The van der Waals surface area contributed by atoms with Gasteiger partial charge in [-0.25, -0.2) is 4.99 Å². The Bertz CT molecular complexity index is 405. The quantitative estimate of drug-likeness (QED) is 0.510. The minimum absolute atomic E-state index is 0.921. The van der Waals surface area contributed by atoms with Gasteiger partial charge in [-0.1, -0.05) is 37.1 Å². The lowest BCUT2D eigenvalue weighted by molar-refractivity contribution is 0.982. The fraction of sp³-hybridized carbons (Fsp3) is 0.357. The van der Waals surface area contributed by atoms with Gasteiger partial charge in [-0.3, -0.25) is 0 Å². The highest BCUT2D eigenvalue weighted by Gasteiger charge is 1.98. The van der Waals surface area contributed by atoms with Gasteiger partial charge in [0.25, 0.3) is 0 Å². The van der Waals surface area contributed by atoms with Crippen LogP contribution in [0.4, 0.5) is 0 Å². The van der Waals surface area contributed by atoms with Crippen LogP contribution in [0.15, 0.2) is 29.3 Å². The van der Waals surface area contributed by atoms with E-state index in [-0.39, 0.29) is 0 Å². The van der Waals surface area contributed by atoms with Crippen molar-refractivity contribution in [3.8, 4) is 12.0 Å². The maximum atomic E-state index is 4.25. The first-order chi connectivity index (χ1) is 7.25. The molecule has 0 amide bonds. The first-order valence-corrected chi connectivity index (χ1v) is 5.34. The molecule has 1 heteroatoms. The SMILES string of the molecule is CCCC#CN=C(C)c1ccccc1C. The molecule has 0 unspecified atom stereocenters. The van der Waals surface area contributed by atoms with Crippen LogP contribution in [-0.4, -0.2) is 5.71 Å². The maximum absolute atomic E-state index is 4.25. The number of unbranched alkanes of at least 4 members (excludes halogenated alkanes) is 1. The molecular weight excluding hydrogens is 182 g/mol. The summed E-state index contributed by atoms with van der Waals surface area (Å²) in [4.78, 5) is 4.25. The molecule has 0 fully saturated rings.